The Morgan fingerprint density at radius 3 is 2.11 bits per heavy atom. The second-order valence-corrected chi connectivity index (χ2v) is 5.95. The number of benzene rings is 1. The van der Waals surface area contributed by atoms with Crippen LogP contribution in [0, 0.1) is 0 Å². The molecule has 0 radical (unpaired) electrons. The maximum Gasteiger partial charge on any atom is 0.191 e. The molecule has 162 valence electrons. The molecule has 2 N–H and O–H groups in total. The Kier molecular flexibility index (Phi) is 15.7. The highest BCUT2D eigenvalue weighted by Crippen LogP contribution is 2.34. The van der Waals surface area contributed by atoms with E-state index in [-0.39, 0.29) is 24.0 Å². The fraction of sp³-hybridized carbons (Fsp3) is 0.650. The van der Waals surface area contributed by atoms with E-state index in [1.54, 1.807) is 21.3 Å². The third kappa shape index (κ3) is 9.68. The normalized spacial score (nSPS) is 10.8. The van der Waals surface area contributed by atoms with Crippen LogP contribution >= 0.6 is 24.0 Å². The smallest absolute Gasteiger partial charge is 0.191 e. The fourth-order valence-corrected chi connectivity index (χ4v) is 2.46. The Bertz CT molecular complexity index is 545. The van der Waals surface area contributed by atoms with Gasteiger partial charge in [-0.25, -0.2) is 4.99 Å². The van der Waals surface area contributed by atoms with E-state index in [0.29, 0.717) is 23.8 Å². The van der Waals surface area contributed by atoms with Gasteiger partial charge in [0.2, 0.25) is 0 Å². The second-order valence-electron chi connectivity index (χ2n) is 5.95. The highest BCUT2D eigenvalue weighted by molar-refractivity contribution is 14.0. The minimum atomic E-state index is 0. The summed E-state index contributed by atoms with van der Waals surface area (Å²) in [7, 11) is 4.87. The lowest BCUT2D eigenvalue weighted by atomic mass is 10.1. The van der Waals surface area contributed by atoms with Crippen molar-refractivity contribution in [3.63, 3.8) is 0 Å². The van der Waals surface area contributed by atoms with E-state index in [2.05, 4.69) is 22.5 Å². The molecule has 0 saturated carbocycles. The summed E-state index contributed by atoms with van der Waals surface area (Å²) in [6.07, 6.45) is 3.21. The van der Waals surface area contributed by atoms with Gasteiger partial charge in [0.1, 0.15) is 17.2 Å². The first-order valence-corrected chi connectivity index (χ1v) is 9.58. The van der Waals surface area contributed by atoms with E-state index in [1.807, 2.05) is 19.1 Å². The molecule has 0 amide bonds. The third-order valence-electron chi connectivity index (χ3n) is 3.96. The molecule has 1 aromatic carbocycles. The molecular weight excluding hydrogens is 473 g/mol. The summed E-state index contributed by atoms with van der Waals surface area (Å²) in [6, 6.07) is 3.67. The molecule has 0 aromatic heterocycles. The number of nitrogens with zero attached hydrogens (tertiary/aromatic N) is 1. The Morgan fingerprint density at radius 1 is 0.929 bits per heavy atom. The molecule has 0 aliphatic heterocycles. The summed E-state index contributed by atoms with van der Waals surface area (Å²) < 4.78 is 21.8. The number of aliphatic imine (C=N–C) groups is 1. The number of nitrogens with one attached hydrogen (secondary N) is 2. The number of ether oxygens (including phenoxy) is 4. The molecule has 0 atom stereocenters. The van der Waals surface area contributed by atoms with Crippen LogP contribution in [0.1, 0.15) is 38.7 Å². The molecule has 0 bridgehead atoms. The van der Waals surface area contributed by atoms with Gasteiger partial charge in [-0.3, -0.25) is 0 Å². The zero-order valence-electron chi connectivity index (χ0n) is 17.8. The van der Waals surface area contributed by atoms with Crippen LogP contribution < -0.4 is 24.8 Å². The summed E-state index contributed by atoms with van der Waals surface area (Å²) in [4.78, 5) is 4.66. The van der Waals surface area contributed by atoms with Gasteiger partial charge in [-0.1, -0.05) is 13.3 Å². The lowest BCUT2D eigenvalue weighted by Gasteiger charge is -2.15. The van der Waals surface area contributed by atoms with Gasteiger partial charge in [0.25, 0.3) is 0 Å². The Balaban J connectivity index is 0.00000729. The Morgan fingerprint density at radius 2 is 1.57 bits per heavy atom. The van der Waals surface area contributed by atoms with Crippen LogP contribution in [0.2, 0.25) is 0 Å². The van der Waals surface area contributed by atoms with E-state index in [4.69, 9.17) is 18.9 Å². The highest BCUT2D eigenvalue weighted by atomic mass is 127. The molecule has 8 heteroatoms. The van der Waals surface area contributed by atoms with Crippen LogP contribution in [-0.4, -0.2) is 53.6 Å². The minimum absolute atomic E-state index is 0. The number of methoxy groups -OCH3 is 3. The van der Waals surface area contributed by atoms with Crippen LogP contribution in [0.5, 0.6) is 17.2 Å². The summed E-state index contributed by atoms with van der Waals surface area (Å²) in [5, 5.41) is 6.59. The van der Waals surface area contributed by atoms with Gasteiger partial charge in [0.15, 0.2) is 5.96 Å². The lowest BCUT2D eigenvalue weighted by Crippen LogP contribution is -2.38. The molecule has 0 unspecified atom stereocenters. The van der Waals surface area contributed by atoms with Gasteiger partial charge >= 0.3 is 0 Å². The SMILES string of the molecule is CCCCOCCCNC(=NCc1c(OC)cc(OC)cc1OC)NCC.I. The molecular formula is C20H36IN3O4. The predicted molar refractivity (Wildman–Crippen MR) is 125 cm³/mol. The topological polar surface area (TPSA) is 73.3 Å². The summed E-state index contributed by atoms with van der Waals surface area (Å²) in [5.41, 5.74) is 0.876. The molecule has 0 saturated heterocycles. The average molecular weight is 509 g/mol. The molecule has 0 heterocycles. The number of rotatable bonds is 13. The minimum Gasteiger partial charge on any atom is -0.496 e. The number of halogens is 1. The van der Waals surface area contributed by atoms with Crippen molar-refractivity contribution in [2.45, 2.75) is 39.7 Å². The molecule has 1 rings (SSSR count). The molecule has 28 heavy (non-hydrogen) atoms. The van der Waals surface area contributed by atoms with E-state index in [9.17, 15) is 0 Å². The molecule has 7 nitrogen and oxygen atoms in total. The predicted octanol–water partition coefficient (Wildman–Crippen LogP) is 3.59. The molecule has 0 aliphatic rings. The van der Waals surface area contributed by atoms with Gasteiger partial charge in [0.05, 0.1) is 33.4 Å². The monoisotopic (exact) mass is 509 g/mol. The number of guanidine groups is 1. The fourth-order valence-electron chi connectivity index (χ4n) is 2.46. The van der Waals surface area contributed by atoms with Crippen molar-refractivity contribution in [1.82, 2.24) is 10.6 Å². The average Bonchev–Trinajstić information content (AvgIpc) is 2.70. The largest absolute Gasteiger partial charge is 0.496 e. The first kappa shape index (κ1) is 26.6. The van der Waals surface area contributed by atoms with Crippen molar-refractivity contribution in [3.05, 3.63) is 17.7 Å². The third-order valence-corrected chi connectivity index (χ3v) is 3.96. The van der Waals surface area contributed by atoms with Crippen LogP contribution in [0.3, 0.4) is 0 Å². The maximum atomic E-state index is 5.58. The van der Waals surface area contributed by atoms with E-state index < -0.39 is 0 Å². The summed E-state index contributed by atoms with van der Waals surface area (Å²) >= 11 is 0. The van der Waals surface area contributed by atoms with E-state index >= 15 is 0 Å². The zero-order chi connectivity index (χ0) is 19.9. The van der Waals surface area contributed by atoms with Crippen LogP contribution in [0.15, 0.2) is 17.1 Å². The molecule has 1 aromatic rings. The lowest BCUT2D eigenvalue weighted by molar-refractivity contribution is 0.129. The maximum absolute atomic E-state index is 5.58. The first-order chi connectivity index (χ1) is 13.2. The summed E-state index contributed by atoms with van der Waals surface area (Å²) in [5.74, 6) is 2.82. The Labute approximate surface area is 186 Å². The van der Waals surface area contributed by atoms with Crippen LogP contribution in [0.25, 0.3) is 0 Å². The van der Waals surface area contributed by atoms with E-state index in [1.165, 1.54) is 0 Å². The van der Waals surface area contributed by atoms with Crippen LogP contribution in [0.4, 0.5) is 0 Å². The quantitative estimate of drug-likeness (QED) is 0.183. The van der Waals surface area contributed by atoms with Crippen molar-refractivity contribution in [2.24, 2.45) is 4.99 Å². The number of hydrogen-bond donors (Lipinski definition) is 2. The van der Waals surface area contributed by atoms with Crippen molar-refractivity contribution < 1.29 is 18.9 Å². The van der Waals surface area contributed by atoms with Gasteiger partial charge in [0, 0.05) is 38.4 Å². The number of unbranched alkanes of at least 4 members (excludes halogenated alkanes) is 1. The van der Waals surface area contributed by atoms with E-state index in [0.717, 1.165) is 57.1 Å². The van der Waals surface area contributed by atoms with Crippen molar-refractivity contribution in [2.75, 3.05) is 47.6 Å². The van der Waals surface area contributed by atoms with Gasteiger partial charge in [-0.05, 0) is 19.8 Å². The van der Waals surface area contributed by atoms with Crippen molar-refractivity contribution >= 4 is 29.9 Å². The summed E-state index contributed by atoms with van der Waals surface area (Å²) in [6.45, 7) is 7.81. The molecule has 0 fully saturated rings. The number of hydrogen-bond acceptors (Lipinski definition) is 5. The second kappa shape index (κ2) is 16.5. The van der Waals surface area contributed by atoms with Crippen molar-refractivity contribution in [3.8, 4) is 17.2 Å². The standard InChI is InChI=1S/C20H35N3O4.HI/c1-6-8-11-27-12-9-10-22-20(21-7-2)23-15-17-18(25-4)13-16(24-3)14-19(17)26-5;/h13-14H,6-12,15H2,1-5H3,(H2,21,22,23);1H. The van der Waals surface area contributed by atoms with Gasteiger partial charge in [-0.15, -0.1) is 24.0 Å². The van der Waals surface area contributed by atoms with Gasteiger partial charge in [-0.2, -0.15) is 0 Å². The first-order valence-electron chi connectivity index (χ1n) is 9.58. The van der Waals surface area contributed by atoms with Crippen LogP contribution in [-0.2, 0) is 11.3 Å². The zero-order valence-corrected chi connectivity index (χ0v) is 20.1. The molecule has 0 aliphatic carbocycles. The Hall–Kier alpha value is -1.42. The van der Waals surface area contributed by atoms with Crippen molar-refractivity contribution in [1.29, 1.82) is 0 Å². The molecule has 0 spiro atoms. The van der Waals surface area contributed by atoms with Gasteiger partial charge < -0.3 is 29.6 Å². The highest BCUT2D eigenvalue weighted by Gasteiger charge is 2.13.